The van der Waals surface area contributed by atoms with Gasteiger partial charge in [0.25, 0.3) is 0 Å². The van der Waals surface area contributed by atoms with E-state index in [1.807, 2.05) is 26.0 Å². The van der Waals surface area contributed by atoms with Crippen molar-refractivity contribution >= 4 is 21.9 Å². The zero-order valence-electron chi connectivity index (χ0n) is 11.4. The van der Waals surface area contributed by atoms with E-state index in [9.17, 15) is 4.79 Å². The third-order valence-corrected chi connectivity index (χ3v) is 2.77. The van der Waals surface area contributed by atoms with Gasteiger partial charge in [0, 0.05) is 4.47 Å². The van der Waals surface area contributed by atoms with Gasteiger partial charge < -0.3 is 14.2 Å². The van der Waals surface area contributed by atoms with Gasteiger partial charge in [0.15, 0.2) is 6.10 Å². The van der Waals surface area contributed by atoms with Gasteiger partial charge >= 0.3 is 5.97 Å². The van der Waals surface area contributed by atoms with Crippen molar-refractivity contribution in [3.05, 3.63) is 28.7 Å². The van der Waals surface area contributed by atoms with Crippen molar-refractivity contribution in [2.24, 2.45) is 0 Å². The highest BCUT2D eigenvalue weighted by Crippen LogP contribution is 2.17. The number of carbonyl (C=O) groups excluding carboxylic acids is 1. The van der Waals surface area contributed by atoms with Gasteiger partial charge in [0.2, 0.25) is 0 Å². The summed E-state index contributed by atoms with van der Waals surface area (Å²) in [7, 11) is 0. The van der Waals surface area contributed by atoms with Crippen LogP contribution < -0.4 is 4.74 Å². The summed E-state index contributed by atoms with van der Waals surface area (Å²) in [5, 5.41) is 0. The molecule has 5 heteroatoms. The number of carbonyl (C=O) groups is 1. The minimum atomic E-state index is -0.639. The number of hydrogen-bond acceptors (Lipinski definition) is 4. The normalized spacial score (nSPS) is 12.3. The molecule has 0 bridgehead atoms. The Labute approximate surface area is 122 Å². The van der Waals surface area contributed by atoms with Crippen molar-refractivity contribution in [2.45, 2.75) is 33.0 Å². The highest BCUT2D eigenvalue weighted by molar-refractivity contribution is 9.10. The fourth-order valence-corrected chi connectivity index (χ4v) is 1.57. The van der Waals surface area contributed by atoms with E-state index < -0.39 is 12.1 Å². The Balaban J connectivity index is 2.30. The molecule has 0 saturated heterocycles. The summed E-state index contributed by atoms with van der Waals surface area (Å²) < 4.78 is 16.8. The summed E-state index contributed by atoms with van der Waals surface area (Å²) in [5.41, 5.74) is 0. The third-order valence-electron chi connectivity index (χ3n) is 2.24. The molecule has 1 aromatic rings. The van der Waals surface area contributed by atoms with E-state index in [0.717, 1.165) is 4.47 Å². The molecule has 19 heavy (non-hydrogen) atoms. The van der Waals surface area contributed by atoms with Crippen LogP contribution in [0.5, 0.6) is 5.75 Å². The van der Waals surface area contributed by atoms with Crippen molar-refractivity contribution in [2.75, 3.05) is 13.2 Å². The van der Waals surface area contributed by atoms with Crippen molar-refractivity contribution in [1.29, 1.82) is 0 Å². The van der Waals surface area contributed by atoms with Crippen LogP contribution in [0, 0.1) is 0 Å². The Kier molecular flexibility index (Phi) is 6.87. The molecule has 0 saturated carbocycles. The predicted octanol–water partition coefficient (Wildman–Crippen LogP) is 3.18. The van der Waals surface area contributed by atoms with Crippen LogP contribution in [0.2, 0.25) is 0 Å². The first-order valence-electron chi connectivity index (χ1n) is 6.19. The largest absolute Gasteiger partial charge is 0.479 e. The van der Waals surface area contributed by atoms with Crippen LogP contribution in [0.3, 0.4) is 0 Å². The average molecular weight is 331 g/mol. The Morgan fingerprint density at radius 3 is 2.37 bits per heavy atom. The van der Waals surface area contributed by atoms with Crippen molar-refractivity contribution < 1.29 is 19.0 Å². The minimum absolute atomic E-state index is 0.134. The maximum Gasteiger partial charge on any atom is 0.347 e. The molecular formula is C14H19BrO4. The van der Waals surface area contributed by atoms with Gasteiger partial charge in [-0.15, -0.1) is 0 Å². The van der Waals surface area contributed by atoms with Gasteiger partial charge in [-0.25, -0.2) is 4.79 Å². The molecule has 0 amide bonds. The molecule has 0 aliphatic rings. The summed E-state index contributed by atoms with van der Waals surface area (Å²) in [6, 6.07) is 7.28. The number of benzene rings is 1. The van der Waals surface area contributed by atoms with E-state index in [-0.39, 0.29) is 12.7 Å². The van der Waals surface area contributed by atoms with E-state index in [4.69, 9.17) is 14.2 Å². The summed E-state index contributed by atoms with van der Waals surface area (Å²) >= 11 is 3.33. The van der Waals surface area contributed by atoms with Gasteiger partial charge in [0.05, 0.1) is 12.7 Å². The Morgan fingerprint density at radius 1 is 1.16 bits per heavy atom. The van der Waals surface area contributed by atoms with Crippen molar-refractivity contribution in [3.8, 4) is 5.75 Å². The van der Waals surface area contributed by atoms with Gasteiger partial charge in [-0.05, 0) is 45.0 Å². The summed E-state index contributed by atoms with van der Waals surface area (Å²) in [5.74, 6) is 0.237. The first kappa shape index (κ1) is 16.0. The monoisotopic (exact) mass is 330 g/mol. The SMILES string of the molecule is CC(C)OCCOC(=O)C(C)Oc1ccc(Br)cc1. The summed E-state index contributed by atoms with van der Waals surface area (Å²) in [4.78, 5) is 11.6. The predicted molar refractivity (Wildman–Crippen MR) is 76.3 cm³/mol. The highest BCUT2D eigenvalue weighted by Gasteiger charge is 2.16. The highest BCUT2D eigenvalue weighted by atomic mass is 79.9. The Bertz CT molecular complexity index is 389. The molecule has 1 rings (SSSR count). The molecule has 0 fully saturated rings. The maximum absolute atomic E-state index is 11.6. The number of hydrogen-bond donors (Lipinski definition) is 0. The standard InChI is InChI=1S/C14H19BrO4/c1-10(2)17-8-9-18-14(16)11(3)19-13-6-4-12(15)5-7-13/h4-7,10-11H,8-9H2,1-3H3. The third kappa shape index (κ3) is 6.59. The topological polar surface area (TPSA) is 44.8 Å². The number of rotatable bonds is 7. The number of esters is 1. The zero-order valence-corrected chi connectivity index (χ0v) is 13.0. The second kappa shape index (κ2) is 8.17. The number of ether oxygens (including phenoxy) is 3. The van der Waals surface area contributed by atoms with E-state index in [1.165, 1.54) is 0 Å². The molecule has 0 aromatic heterocycles. The molecule has 0 heterocycles. The molecular weight excluding hydrogens is 312 g/mol. The smallest absolute Gasteiger partial charge is 0.347 e. The van der Waals surface area contributed by atoms with E-state index in [0.29, 0.717) is 12.4 Å². The molecule has 0 N–H and O–H groups in total. The van der Waals surface area contributed by atoms with Crippen LogP contribution in [0.1, 0.15) is 20.8 Å². The summed E-state index contributed by atoms with van der Waals surface area (Å²) in [6.45, 7) is 6.16. The molecule has 106 valence electrons. The van der Waals surface area contributed by atoms with E-state index in [2.05, 4.69) is 15.9 Å². The lowest BCUT2D eigenvalue weighted by Gasteiger charge is -2.14. The molecule has 1 aromatic carbocycles. The first-order valence-corrected chi connectivity index (χ1v) is 6.99. The fraction of sp³-hybridized carbons (Fsp3) is 0.500. The minimum Gasteiger partial charge on any atom is -0.479 e. The van der Waals surface area contributed by atoms with E-state index >= 15 is 0 Å². The van der Waals surface area contributed by atoms with Crippen LogP contribution in [0.25, 0.3) is 0 Å². The van der Waals surface area contributed by atoms with Crippen LogP contribution in [-0.4, -0.2) is 31.4 Å². The second-order valence-corrected chi connectivity index (χ2v) is 5.22. The molecule has 4 nitrogen and oxygen atoms in total. The van der Waals surface area contributed by atoms with Crippen molar-refractivity contribution in [1.82, 2.24) is 0 Å². The summed E-state index contributed by atoms with van der Waals surface area (Å²) in [6.07, 6.45) is -0.504. The van der Waals surface area contributed by atoms with Crippen molar-refractivity contribution in [3.63, 3.8) is 0 Å². The van der Waals surface area contributed by atoms with Gasteiger partial charge in [-0.3, -0.25) is 0 Å². The first-order chi connectivity index (χ1) is 8.99. The lowest BCUT2D eigenvalue weighted by atomic mass is 10.3. The molecule has 1 unspecified atom stereocenters. The molecule has 0 radical (unpaired) electrons. The molecule has 0 aliphatic carbocycles. The fourth-order valence-electron chi connectivity index (χ4n) is 1.31. The lowest BCUT2D eigenvalue weighted by molar-refractivity contribution is -0.153. The second-order valence-electron chi connectivity index (χ2n) is 4.30. The van der Waals surface area contributed by atoms with Crippen LogP contribution in [-0.2, 0) is 14.3 Å². The molecule has 1 atom stereocenters. The van der Waals surface area contributed by atoms with Gasteiger partial charge in [-0.1, -0.05) is 15.9 Å². The van der Waals surface area contributed by atoms with Gasteiger partial charge in [-0.2, -0.15) is 0 Å². The Hall–Kier alpha value is -1.07. The quantitative estimate of drug-likeness (QED) is 0.569. The Morgan fingerprint density at radius 2 is 1.79 bits per heavy atom. The van der Waals surface area contributed by atoms with E-state index in [1.54, 1.807) is 19.1 Å². The number of halogens is 1. The average Bonchev–Trinajstić information content (AvgIpc) is 2.36. The molecule has 0 aliphatic heterocycles. The van der Waals surface area contributed by atoms with Crippen LogP contribution >= 0.6 is 15.9 Å². The molecule has 0 spiro atoms. The van der Waals surface area contributed by atoms with Crippen LogP contribution in [0.4, 0.5) is 0 Å². The van der Waals surface area contributed by atoms with Gasteiger partial charge in [0.1, 0.15) is 12.4 Å². The zero-order chi connectivity index (χ0) is 14.3. The van der Waals surface area contributed by atoms with Crippen LogP contribution in [0.15, 0.2) is 28.7 Å². The lowest BCUT2D eigenvalue weighted by Crippen LogP contribution is -2.27. The maximum atomic E-state index is 11.6.